The van der Waals surface area contributed by atoms with Gasteiger partial charge in [-0.2, -0.15) is 5.26 Å². The summed E-state index contributed by atoms with van der Waals surface area (Å²) in [6, 6.07) is 2.88. The van der Waals surface area contributed by atoms with Gasteiger partial charge in [0.15, 0.2) is 6.07 Å². The third kappa shape index (κ3) is 1.99. The second kappa shape index (κ2) is 3.92. The number of hydrogen-bond donors (Lipinski definition) is 2. The third-order valence-corrected chi connectivity index (χ3v) is 1.41. The first-order valence-corrected chi connectivity index (χ1v) is 3.54. The summed E-state index contributed by atoms with van der Waals surface area (Å²) in [6.07, 6.45) is 1.31. The molecule has 5 nitrogen and oxygen atoms in total. The van der Waals surface area contributed by atoms with Gasteiger partial charge in [-0.25, -0.2) is 9.78 Å². The summed E-state index contributed by atoms with van der Waals surface area (Å²) in [7, 11) is 0. The van der Waals surface area contributed by atoms with Gasteiger partial charge in [0, 0.05) is 17.7 Å². The standard InChI is InChI=1S/C9H5N3O2/c10-3-1-2-6-4-7(9(13)14)8(11)12-5-6/h4-5H,(H2,11,12)(H,13,14). The molecule has 0 unspecified atom stereocenters. The number of carboxylic acid groups (broad SMARTS) is 1. The molecule has 0 aromatic carbocycles. The highest BCUT2D eigenvalue weighted by molar-refractivity contribution is 5.92. The third-order valence-electron chi connectivity index (χ3n) is 1.41. The van der Waals surface area contributed by atoms with E-state index in [-0.39, 0.29) is 11.4 Å². The molecule has 14 heavy (non-hydrogen) atoms. The van der Waals surface area contributed by atoms with Crippen molar-refractivity contribution < 1.29 is 9.90 Å². The van der Waals surface area contributed by atoms with Gasteiger partial charge in [-0.1, -0.05) is 0 Å². The fourth-order valence-electron chi connectivity index (χ4n) is 0.815. The summed E-state index contributed by atoms with van der Waals surface area (Å²) < 4.78 is 0. The Labute approximate surface area is 79.8 Å². The molecule has 1 rings (SSSR count). The Hall–Kier alpha value is -2.53. The van der Waals surface area contributed by atoms with Crippen LogP contribution in [0.2, 0.25) is 0 Å². The largest absolute Gasteiger partial charge is 0.478 e. The van der Waals surface area contributed by atoms with E-state index in [2.05, 4.69) is 16.8 Å². The van der Waals surface area contributed by atoms with Crippen LogP contribution in [0.5, 0.6) is 0 Å². The number of hydrogen-bond acceptors (Lipinski definition) is 4. The normalized spacial score (nSPS) is 8.21. The molecule has 0 atom stereocenters. The molecule has 0 aliphatic carbocycles. The number of nitrogen functional groups attached to an aromatic ring is 1. The predicted molar refractivity (Wildman–Crippen MR) is 48.1 cm³/mol. The molecule has 0 radical (unpaired) electrons. The number of nitrogens with zero attached hydrogens (tertiary/aromatic N) is 2. The second-order valence-corrected chi connectivity index (χ2v) is 2.32. The topological polar surface area (TPSA) is 100 Å². The second-order valence-electron chi connectivity index (χ2n) is 2.32. The number of nitrogens with two attached hydrogens (primary N) is 1. The Bertz CT molecular complexity index is 477. The van der Waals surface area contributed by atoms with Crippen molar-refractivity contribution in [1.82, 2.24) is 4.98 Å². The lowest BCUT2D eigenvalue weighted by Crippen LogP contribution is -2.04. The van der Waals surface area contributed by atoms with Crippen LogP contribution in [-0.4, -0.2) is 16.1 Å². The van der Waals surface area contributed by atoms with E-state index in [1.165, 1.54) is 12.3 Å². The number of carboxylic acids is 1. The Balaban J connectivity index is 3.21. The monoisotopic (exact) mass is 187 g/mol. The molecule has 5 heteroatoms. The maximum Gasteiger partial charge on any atom is 0.339 e. The zero-order valence-electron chi connectivity index (χ0n) is 6.98. The van der Waals surface area contributed by atoms with Crippen LogP contribution in [0.1, 0.15) is 15.9 Å². The fraction of sp³-hybridized carbons (Fsp3) is 0. The molecule has 1 aromatic rings. The zero-order chi connectivity index (χ0) is 10.6. The number of anilines is 1. The number of aromatic carboxylic acids is 1. The molecule has 0 saturated carbocycles. The van der Waals surface area contributed by atoms with E-state index in [9.17, 15) is 4.79 Å². The van der Waals surface area contributed by atoms with Crippen molar-refractivity contribution in [3.63, 3.8) is 0 Å². The lowest BCUT2D eigenvalue weighted by Gasteiger charge is -1.98. The van der Waals surface area contributed by atoms with Crippen LogP contribution in [0, 0.1) is 23.2 Å². The summed E-state index contributed by atoms with van der Waals surface area (Å²) >= 11 is 0. The summed E-state index contributed by atoms with van der Waals surface area (Å²) in [6.45, 7) is 0. The smallest absolute Gasteiger partial charge is 0.339 e. The minimum absolute atomic E-state index is 0.0694. The first kappa shape index (κ1) is 9.56. The number of carbonyl (C=O) groups is 1. The predicted octanol–water partition coefficient (Wildman–Crippen LogP) is 0.237. The van der Waals surface area contributed by atoms with Gasteiger partial charge in [0.05, 0.1) is 0 Å². The van der Waals surface area contributed by atoms with Crippen molar-refractivity contribution in [3.8, 4) is 17.9 Å². The van der Waals surface area contributed by atoms with Gasteiger partial charge in [-0.15, -0.1) is 0 Å². The van der Waals surface area contributed by atoms with Crippen LogP contribution in [0.3, 0.4) is 0 Å². The van der Waals surface area contributed by atoms with Crippen molar-refractivity contribution in [2.45, 2.75) is 0 Å². The van der Waals surface area contributed by atoms with Crippen LogP contribution in [0.25, 0.3) is 0 Å². The van der Waals surface area contributed by atoms with Crippen molar-refractivity contribution in [1.29, 1.82) is 5.26 Å². The average Bonchev–Trinajstić information content (AvgIpc) is 2.16. The summed E-state index contributed by atoms with van der Waals surface area (Å²) in [5.41, 5.74) is 5.54. The van der Waals surface area contributed by atoms with Crippen LogP contribution in [0.4, 0.5) is 5.82 Å². The molecular formula is C9H5N3O2. The van der Waals surface area contributed by atoms with Gasteiger partial charge in [0.2, 0.25) is 0 Å². The van der Waals surface area contributed by atoms with E-state index >= 15 is 0 Å². The Morgan fingerprint density at radius 2 is 2.36 bits per heavy atom. The van der Waals surface area contributed by atoms with Crippen molar-refractivity contribution in [2.24, 2.45) is 0 Å². The first-order chi connectivity index (χ1) is 6.65. The summed E-state index contributed by atoms with van der Waals surface area (Å²) in [5.74, 6) is 3.32. The van der Waals surface area contributed by atoms with Crippen LogP contribution in [-0.2, 0) is 0 Å². The molecule has 1 aromatic heterocycles. The summed E-state index contributed by atoms with van der Waals surface area (Å²) in [4.78, 5) is 14.3. The fourth-order valence-corrected chi connectivity index (χ4v) is 0.815. The maximum atomic E-state index is 10.6. The number of nitriles is 1. The molecule has 0 aliphatic rings. The highest BCUT2D eigenvalue weighted by atomic mass is 16.4. The van der Waals surface area contributed by atoms with Crippen LogP contribution >= 0.6 is 0 Å². The van der Waals surface area contributed by atoms with Crippen molar-refractivity contribution in [2.75, 3.05) is 5.73 Å². The Kier molecular flexibility index (Phi) is 2.68. The Morgan fingerprint density at radius 1 is 1.64 bits per heavy atom. The Morgan fingerprint density at radius 3 is 2.93 bits per heavy atom. The van der Waals surface area contributed by atoms with E-state index in [1.54, 1.807) is 6.07 Å². The van der Waals surface area contributed by atoms with E-state index < -0.39 is 5.97 Å². The molecule has 0 spiro atoms. The van der Waals surface area contributed by atoms with E-state index in [0.717, 1.165) is 0 Å². The van der Waals surface area contributed by atoms with Crippen molar-refractivity contribution in [3.05, 3.63) is 23.4 Å². The number of rotatable bonds is 1. The van der Waals surface area contributed by atoms with Gasteiger partial charge in [0.25, 0.3) is 0 Å². The molecule has 1 heterocycles. The zero-order valence-corrected chi connectivity index (χ0v) is 6.98. The van der Waals surface area contributed by atoms with Crippen LogP contribution in [0.15, 0.2) is 12.3 Å². The summed E-state index contributed by atoms with van der Waals surface area (Å²) in [5, 5.41) is 16.9. The van der Waals surface area contributed by atoms with Gasteiger partial charge in [-0.3, -0.25) is 0 Å². The molecule has 0 amide bonds. The van der Waals surface area contributed by atoms with Crippen molar-refractivity contribution >= 4 is 11.8 Å². The van der Waals surface area contributed by atoms with Gasteiger partial charge < -0.3 is 10.8 Å². The van der Waals surface area contributed by atoms with E-state index in [4.69, 9.17) is 16.1 Å². The lowest BCUT2D eigenvalue weighted by molar-refractivity contribution is 0.0697. The highest BCUT2D eigenvalue weighted by Crippen LogP contribution is 2.09. The molecule has 0 bridgehead atoms. The molecular weight excluding hydrogens is 182 g/mol. The molecule has 68 valence electrons. The minimum atomic E-state index is -1.17. The van der Waals surface area contributed by atoms with Gasteiger partial charge in [0.1, 0.15) is 11.4 Å². The van der Waals surface area contributed by atoms with Gasteiger partial charge in [-0.05, 0) is 12.0 Å². The average molecular weight is 187 g/mol. The lowest BCUT2D eigenvalue weighted by atomic mass is 10.2. The molecule has 0 fully saturated rings. The quantitative estimate of drug-likeness (QED) is 0.613. The minimum Gasteiger partial charge on any atom is -0.478 e. The van der Waals surface area contributed by atoms with E-state index in [1.807, 2.05) is 0 Å². The number of aromatic nitrogens is 1. The molecule has 0 saturated heterocycles. The molecule has 0 aliphatic heterocycles. The highest BCUT2D eigenvalue weighted by Gasteiger charge is 2.08. The van der Waals surface area contributed by atoms with Crippen LogP contribution < -0.4 is 5.73 Å². The number of pyridine rings is 1. The van der Waals surface area contributed by atoms with E-state index in [0.29, 0.717) is 5.56 Å². The SMILES string of the molecule is N#CC#Cc1cnc(N)c(C(=O)O)c1. The molecule has 3 N–H and O–H groups in total. The van der Waals surface area contributed by atoms with Gasteiger partial charge >= 0.3 is 5.97 Å². The maximum absolute atomic E-state index is 10.6. The first-order valence-electron chi connectivity index (χ1n) is 3.54.